The van der Waals surface area contributed by atoms with Gasteiger partial charge < -0.3 is 9.80 Å². The summed E-state index contributed by atoms with van der Waals surface area (Å²) < 4.78 is 1.13. The lowest BCUT2D eigenvalue weighted by molar-refractivity contribution is -0.116. The second-order valence-electron chi connectivity index (χ2n) is 7.48. The number of para-hydroxylation sites is 1. The van der Waals surface area contributed by atoms with Crippen LogP contribution in [-0.4, -0.2) is 50.1 Å². The van der Waals surface area contributed by atoms with Crippen LogP contribution in [0.5, 0.6) is 0 Å². The molecule has 5 heteroatoms. The Morgan fingerprint density at radius 1 is 1.04 bits per heavy atom. The summed E-state index contributed by atoms with van der Waals surface area (Å²) in [4.78, 5) is 18.9. The summed E-state index contributed by atoms with van der Waals surface area (Å²) in [7, 11) is 0. The number of rotatable bonds is 4. The average molecular weight is 428 g/mol. The molecule has 0 bridgehead atoms. The standard InChI is InChI=1S/C22H26BrN3O/c1-17(27)26-16-18(21-4-2-3-5-22(21)26)10-11-24-12-14-25(15-13-24)20-8-6-19(23)7-9-20/h2-9,18H,10-16H2,1H3. The zero-order valence-corrected chi connectivity index (χ0v) is 17.4. The quantitative estimate of drug-likeness (QED) is 0.734. The molecule has 0 aromatic heterocycles. The molecule has 1 unspecified atom stereocenters. The Kier molecular flexibility index (Phi) is 5.50. The molecule has 2 aromatic rings. The minimum atomic E-state index is 0.146. The number of halogens is 1. The molecule has 27 heavy (non-hydrogen) atoms. The summed E-state index contributed by atoms with van der Waals surface area (Å²) in [6.45, 7) is 7.93. The smallest absolute Gasteiger partial charge is 0.223 e. The van der Waals surface area contributed by atoms with Crippen LogP contribution in [0.15, 0.2) is 53.0 Å². The number of hydrogen-bond donors (Lipinski definition) is 0. The zero-order valence-electron chi connectivity index (χ0n) is 15.8. The number of carbonyl (C=O) groups is 1. The molecule has 2 aromatic carbocycles. The van der Waals surface area contributed by atoms with Gasteiger partial charge in [-0.3, -0.25) is 9.69 Å². The Morgan fingerprint density at radius 2 is 1.74 bits per heavy atom. The molecule has 2 aliphatic heterocycles. The van der Waals surface area contributed by atoms with Crippen molar-refractivity contribution < 1.29 is 4.79 Å². The maximum Gasteiger partial charge on any atom is 0.223 e. The summed E-state index contributed by atoms with van der Waals surface area (Å²) in [5, 5.41) is 0. The van der Waals surface area contributed by atoms with Crippen LogP contribution in [0.4, 0.5) is 11.4 Å². The van der Waals surface area contributed by atoms with Gasteiger partial charge in [-0.15, -0.1) is 0 Å². The molecule has 0 spiro atoms. The van der Waals surface area contributed by atoms with Gasteiger partial charge in [-0.25, -0.2) is 0 Å². The van der Waals surface area contributed by atoms with Gasteiger partial charge in [0, 0.05) is 61.4 Å². The van der Waals surface area contributed by atoms with Crippen LogP contribution < -0.4 is 9.80 Å². The highest BCUT2D eigenvalue weighted by Gasteiger charge is 2.30. The molecule has 1 fully saturated rings. The number of fused-ring (bicyclic) bond motifs is 1. The number of piperazine rings is 1. The van der Waals surface area contributed by atoms with Crippen molar-refractivity contribution in [3.8, 4) is 0 Å². The van der Waals surface area contributed by atoms with Crippen LogP contribution in [0.3, 0.4) is 0 Å². The van der Waals surface area contributed by atoms with Crippen molar-refractivity contribution in [2.24, 2.45) is 0 Å². The van der Waals surface area contributed by atoms with E-state index in [4.69, 9.17) is 0 Å². The van der Waals surface area contributed by atoms with Crippen LogP contribution >= 0.6 is 15.9 Å². The van der Waals surface area contributed by atoms with Crippen LogP contribution in [0.2, 0.25) is 0 Å². The summed E-state index contributed by atoms with van der Waals surface area (Å²) in [5.41, 5.74) is 3.75. The number of nitrogens with zero attached hydrogens (tertiary/aromatic N) is 3. The summed E-state index contributed by atoms with van der Waals surface area (Å²) in [5.74, 6) is 0.600. The first-order valence-corrected chi connectivity index (χ1v) is 10.5. The minimum Gasteiger partial charge on any atom is -0.369 e. The zero-order chi connectivity index (χ0) is 18.8. The molecule has 4 rings (SSSR count). The number of benzene rings is 2. The molecule has 142 valence electrons. The van der Waals surface area contributed by atoms with Gasteiger partial charge in [0.15, 0.2) is 0 Å². The molecule has 1 atom stereocenters. The molecular formula is C22H26BrN3O. The number of carbonyl (C=O) groups excluding carboxylic acids is 1. The van der Waals surface area contributed by atoms with Crippen molar-refractivity contribution in [1.29, 1.82) is 0 Å². The summed E-state index contributed by atoms with van der Waals surface area (Å²) in [6.07, 6.45) is 1.11. The van der Waals surface area contributed by atoms with Crippen molar-refractivity contribution in [2.45, 2.75) is 19.3 Å². The molecule has 1 amide bonds. The largest absolute Gasteiger partial charge is 0.369 e. The Labute approximate surface area is 169 Å². The van der Waals surface area contributed by atoms with Crippen LogP contribution in [0.1, 0.15) is 24.8 Å². The van der Waals surface area contributed by atoms with Gasteiger partial charge in [-0.1, -0.05) is 34.1 Å². The lowest BCUT2D eigenvalue weighted by atomic mass is 9.97. The first kappa shape index (κ1) is 18.5. The third-order valence-corrected chi connectivity index (χ3v) is 6.34. The lowest BCUT2D eigenvalue weighted by Gasteiger charge is -2.36. The molecule has 4 nitrogen and oxygen atoms in total. The van der Waals surface area contributed by atoms with E-state index in [-0.39, 0.29) is 5.91 Å². The van der Waals surface area contributed by atoms with Gasteiger partial charge in [-0.2, -0.15) is 0 Å². The van der Waals surface area contributed by atoms with E-state index >= 15 is 0 Å². The van der Waals surface area contributed by atoms with Crippen LogP contribution in [0, 0.1) is 0 Å². The van der Waals surface area contributed by atoms with E-state index in [0.29, 0.717) is 5.92 Å². The van der Waals surface area contributed by atoms with Crippen molar-refractivity contribution in [2.75, 3.05) is 49.1 Å². The lowest BCUT2D eigenvalue weighted by Crippen LogP contribution is -2.46. The second-order valence-corrected chi connectivity index (χ2v) is 8.39. The van der Waals surface area contributed by atoms with Gasteiger partial charge in [0.05, 0.1) is 0 Å². The Morgan fingerprint density at radius 3 is 2.44 bits per heavy atom. The SMILES string of the molecule is CC(=O)N1CC(CCN2CCN(c3ccc(Br)cc3)CC2)c2ccccc21. The molecule has 0 aliphatic carbocycles. The van der Waals surface area contributed by atoms with E-state index in [2.05, 4.69) is 68.2 Å². The van der Waals surface area contributed by atoms with E-state index in [1.165, 1.54) is 11.3 Å². The van der Waals surface area contributed by atoms with Gasteiger partial charge in [-0.05, 0) is 48.9 Å². The maximum absolute atomic E-state index is 12.0. The Balaban J connectivity index is 1.32. The van der Waals surface area contributed by atoms with E-state index in [9.17, 15) is 4.79 Å². The Bertz CT molecular complexity index is 799. The van der Waals surface area contributed by atoms with Gasteiger partial charge >= 0.3 is 0 Å². The molecule has 2 aliphatic rings. The minimum absolute atomic E-state index is 0.146. The maximum atomic E-state index is 12.0. The Hall–Kier alpha value is -1.85. The third kappa shape index (κ3) is 4.04. The number of hydrogen-bond acceptors (Lipinski definition) is 3. The first-order valence-electron chi connectivity index (χ1n) is 9.72. The molecule has 0 saturated carbocycles. The summed E-state index contributed by atoms with van der Waals surface area (Å²) >= 11 is 3.51. The van der Waals surface area contributed by atoms with E-state index < -0.39 is 0 Å². The fourth-order valence-electron chi connectivity index (χ4n) is 4.26. The molecule has 0 radical (unpaired) electrons. The van der Waals surface area contributed by atoms with Gasteiger partial charge in [0.1, 0.15) is 0 Å². The first-order chi connectivity index (χ1) is 13.1. The van der Waals surface area contributed by atoms with Gasteiger partial charge in [0.2, 0.25) is 5.91 Å². The highest BCUT2D eigenvalue weighted by Crippen LogP contribution is 2.38. The topological polar surface area (TPSA) is 26.8 Å². The number of anilines is 2. The highest BCUT2D eigenvalue weighted by molar-refractivity contribution is 9.10. The summed E-state index contributed by atoms with van der Waals surface area (Å²) in [6, 6.07) is 17.0. The van der Waals surface area contributed by atoms with Crippen molar-refractivity contribution >= 4 is 33.2 Å². The fourth-order valence-corrected chi connectivity index (χ4v) is 4.52. The number of amides is 1. The highest BCUT2D eigenvalue weighted by atomic mass is 79.9. The average Bonchev–Trinajstić information content (AvgIpc) is 3.07. The normalized spacial score (nSPS) is 20.0. The molecule has 1 saturated heterocycles. The second kappa shape index (κ2) is 8.03. The van der Waals surface area contributed by atoms with Gasteiger partial charge in [0.25, 0.3) is 0 Å². The predicted molar refractivity (Wildman–Crippen MR) is 115 cm³/mol. The molecule has 2 heterocycles. The monoisotopic (exact) mass is 427 g/mol. The third-order valence-electron chi connectivity index (χ3n) is 5.81. The van der Waals surface area contributed by atoms with Crippen molar-refractivity contribution in [3.63, 3.8) is 0 Å². The van der Waals surface area contributed by atoms with Crippen molar-refractivity contribution in [1.82, 2.24) is 4.90 Å². The van der Waals surface area contributed by atoms with Crippen LogP contribution in [-0.2, 0) is 4.79 Å². The van der Waals surface area contributed by atoms with E-state index in [1.807, 2.05) is 11.0 Å². The molecule has 0 N–H and O–H groups in total. The van der Waals surface area contributed by atoms with Crippen LogP contribution in [0.25, 0.3) is 0 Å². The van der Waals surface area contributed by atoms with E-state index in [0.717, 1.165) is 55.8 Å². The van der Waals surface area contributed by atoms with E-state index in [1.54, 1.807) is 6.92 Å². The fraction of sp³-hybridized carbons (Fsp3) is 0.409. The van der Waals surface area contributed by atoms with Crippen molar-refractivity contribution in [3.05, 3.63) is 58.6 Å². The predicted octanol–water partition coefficient (Wildman–Crippen LogP) is 4.11. The molecular weight excluding hydrogens is 402 g/mol.